The molecule has 2 aromatic rings. The van der Waals surface area contributed by atoms with Crippen LogP contribution in [0.25, 0.3) is 0 Å². The summed E-state index contributed by atoms with van der Waals surface area (Å²) in [6, 6.07) is 10.3. The van der Waals surface area contributed by atoms with Crippen LogP contribution >= 0.6 is 27.5 Å². The average molecular weight is 373 g/mol. The van der Waals surface area contributed by atoms with Crippen molar-refractivity contribution in [3.63, 3.8) is 0 Å². The van der Waals surface area contributed by atoms with Gasteiger partial charge in [-0.25, -0.2) is 4.39 Å². The first kappa shape index (κ1) is 16.3. The van der Waals surface area contributed by atoms with Crippen LogP contribution in [-0.2, 0) is 6.54 Å². The number of hydrogen-bond acceptors (Lipinski definition) is 2. The number of rotatable bonds is 5. The van der Waals surface area contributed by atoms with Gasteiger partial charge in [-0.1, -0.05) is 47.4 Å². The molecule has 0 atom stereocenters. The van der Waals surface area contributed by atoms with Gasteiger partial charge in [-0.3, -0.25) is 0 Å². The summed E-state index contributed by atoms with van der Waals surface area (Å²) in [7, 11) is 0. The molecule has 0 spiro atoms. The van der Waals surface area contributed by atoms with E-state index in [1.807, 2.05) is 18.2 Å². The Kier molecular flexibility index (Phi) is 5.62. The second kappa shape index (κ2) is 7.25. The molecule has 5 heteroatoms. The maximum Gasteiger partial charge on any atom is 0.146 e. The molecule has 21 heavy (non-hydrogen) atoms. The van der Waals surface area contributed by atoms with Crippen molar-refractivity contribution in [3.8, 4) is 11.5 Å². The highest BCUT2D eigenvalue weighted by molar-refractivity contribution is 9.10. The predicted molar refractivity (Wildman–Crippen MR) is 87.6 cm³/mol. The topological polar surface area (TPSA) is 21.3 Å². The van der Waals surface area contributed by atoms with Gasteiger partial charge in [-0.15, -0.1) is 0 Å². The highest BCUT2D eigenvalue weighted by atomic mass is 79.9. The van der Waals surface area contributed by atoms with Crippen LogP contribution in [0.3, 0.4) is 0 Å². The maximum absolute atomic E-state index is 13.1. The lowest BCUT2D eigenvalue weighted by atomic mass is 10.2. The first-order valence-corrected chi connectivity index (χ1v) is 7.77. The van der Waals surface area contributed by atoms with Gasteiger partial charge in [-0.2, -0.15) is 0 Å². The van der Waals surface area contributed by atoms with Gasteiger partial charge >= 0.3 is 0 Å². The Bertz CT molecular complexity index is 634. The van der Waals surface area contributed by atoms with Crippen molar-refractivity contribution < 1.29 is 9.13 Å². The molecule has 0 saturated carbocycles. The second-order valence-electron chi connectivity index (χ2n) is 4.96. The van der Waals surface area contributed by atoms with Gasteiger partial charge in [0.15, 0.2) is 0 Å². The van der Waals surface area contributed by atoms with E-state index in [1.165, 1.54) is 18.2 Å². The molecule has 0 aliphatic carbocycles. The van der Waals surface area contributed by atoms with E-state index in [0.717, 1.165) is 10.0 Å². The lowest BCUT2D eigenvalue weighted by molar-refractivity contribution is 0.467. The Morgan fingerprint density at radius 2 is 1.95 bits per heavy atom. The van der Waals surface area contributed by atoms with Crippen LogP contribution in [0, 0.1) is 5.82 Å². The fraction of sp³-hybridized carbons (Fsp3) is 0.250. The third-order valence-electron chi connectivity index (χ3n) is 2.84. The molecule has 112 valence electrons. The van der Waals surface area contributed by atoms with Gasteiger partial charge in [0, 0.05) is 22.6 Å². The van der Waals surface area contributed by atoms with Gasteiger partial charge in [-0.05, 0) is 30.3 Å². The van der Waals surface area contributed by atoms with E-state index in [0.29, 0.717) is 24.1 Å². The third-order valence-corrected chi connectivity index (χ3v) is 3.63. The summed E-state index contributed by atoms with van der Waals surface area (Å²) in [5.41, 5.74) is 1.01. The van der Waals surface area contributed by atoms with Crippen LogP contribution < -0.4 is 10.1 Å². The normalized spacial score (nSPS) is 11.0. The van der Waals surface area contributed by atoms with E-state index < -0.39 is 0 Å². The first-order chi connectivity index (χ1) is 9.95. The highest BCUT2D eigenvalue weighted by Gasteiger charge is 2.10. The van der Waals surface area contributed by atoms with Crippen LogP contribution in [0.4, 0.5) is 4.39 Å². The summed E-state index contributed by atoms with van der Waals surface area (Å²) in [5.74, 6) is 0.733. The Labute approximate surface area is 137 Å². The Balaban J connectivity index is 2.27. The summed E-state index contributed by atoms with van der Waals surface area (Å²) < 4.78 is 19.8. The average Bonchev–Trinajstić information content (AvgIpc) is 2.41. The number of nitrogens with one attached hydrogen (secondary N) is 1. The molecular formula is C16H16BrClFNO. The quantitative estimate of drug-likeness (QED) is 0.745. The maximum atomic E-state index is 13.1. The molecule has 0 amide bonds. The highest BCUT2D eigenvalue weighted by Crippen LogP contribution is 2.33. The third kappa shape index (κ3) is 4.70. The van der Waals surface area contributed by atoms with Crippen molar-refractivity contribution in [3.05, 3.63) is 57.3 Å². The molecule has 2 aromatic carbocycles. The fourth-order valence-corrected chi connectivity index (χ4v) is 2.31. The van der Waals surface area contributed by atoms with E-state index in [9.17, 15) is 4.39 Å². The van der Waals surface area contributed by atoms with Gasteiger partial charge in [0.05, 0.1) is 5.02 Å². The number of hydrogen-bond donors (Lipinski definition) is 1. The van der Waals surface area contributed by atoms with Crippen molar-refractivity contribution in [2.75, 3.05) is 0 Å². The monoisotopic (exact) mass is 371 g/mol. The zero-order chi connectivity index (χ0) is 15.4. The molecule has 0 aliphatic heterocycles. The van der Waals surface area contributed by atoms with Gasteiger partial charge < -0.3 is 10.1 Å². The molecule has 2 rings (SSSR count). The smallest absolute Gasteiger partial charge is 0.146 e. The van der Waals surface area contributed by atoms with E-state index in [2.05, 4.69) is 35.1 Å². The second-order valence-corrected chi connectivity index (χ2v) is 6.29. The molecule has 0 aliphatic rings. The molecule has 0 radical (unpaired) electrons. The molecule has 0 fully saturated rings. The fourth-order valence-electron chi connectivity index (χ4n) is 1.76. The minimum atomic E-state index is -0.386. The van der Waals surface area contributed by atoms with Crippen LogP contribution in [0.2, 0.25) is 5.02 Å². The molecule has 0 unspecified atom stereocenters. The van der Waals surface area contributed by atoms with E-state index >= 15 is 0 Å². The zero-order valence-corrected chi connectivity index (χ0v) is 14.1. The number of benzene rings is 2. The lowest BCUT2D eigenvalue weighted by Crippen LogP contribution is -2.22. The predicted octanol–water partition coefficient (Wildman–Crippen LogP) is 5.53. The van der Waals surface area contributed by atoms with Gasteiger partial charge in [0.1, 0.15) is 17.3 Å². The van der Waals surface area contributed by atoms with E-state index in [1.54, 1.807) is 0 Å². The number of halogens is 3. The number of ether oxygens (including phenoxy) is 1. The minimum absolute atomic E-state index is 0.248. The largest absolute Gasteiger partial charge is 0.455 e. The summed E-state index contributed by atoms with van der Waals surface area (Å²) in [5, 5.41) is 3.59. The van der Waals surface area contributed by atoms with Crippen LogP contribution in [0.1, 0.15) is 19.4 Å². The molecule has 1 N–H and O–H groups in total. The summed E-state index contributed by atoms with van der Waals surface area (Å²) in [6.45, 7) is 4.84. The molecule has 2 nitrogen and oxygen atoms in total. The van der Waals surface area contributed by atoms with Crippen molar-refractivity contribution in [2.45, 2.75) is 26.4 Å². The van der Waals surface area contributed by atoms with E-state index in [-0.39, 0.29) is 10.8 Å². The SMILES string of the molecule is CC(C)NCc1ccc(Br)cc1Oc1ccc(F)cc1Cl. The zero-order valence-electron chi connectivity index (χ0n) is 11.8. The standard InChI is InChI=1S/C16H16BrClFNO/c1-10(2)20-9-11-3-4-12(17)7-16(11)21-15-6-5-13(19)8-14(15)18/h3-8,10,20H,9H2,1-2H3. The summed E-state index contributed by atoms with van der Waals surface area (Å²) in [6.07, 6.45) is 0. The van der Waals surface area contributed by atoms with Crippen molar-refractivity contribution >= 4 is 27.5 Å². The molecule has 0 aromatic heterocycles. The molecule has 0 bridgehead atoms. The molecule has 0 saturated heterocycles. The van der Waals surface area contributed by atoms with Crippen molar-refractivity contribution in [1.29, 1.82) is 0 Å². The Morgan fingerprint density at radius 3 is 2.62 bits per heavy atom. The van der Waals surface area contributed by atoms with Gasteiger partial charge in [0.2, 0.25) is 0 Å². The van der Waals surface area contributed by atoms with Crippen LogP contribution in [-0.4, -0.2) is 6.04 Å². The molecule has 0 heterocycles. The molecular weight excluding hydrogens is 357 g/mol. The van der Waals surface area contributed by atoms with Crippen LogP contribution in [0.15, 0.2) is 40.9 Å². The van der Waals surface area contributed by atoms with E-state index in [4.69, 9.17) is 16.3 Å². The van der Waals surface area contributed by atoms with Crippen LogP contribution in [0.5, 0.6) is 11.5 Å². The first-order valence-electron chi connectivity index (χ1n) is 6.60. The summed E-state index contributed by atoms with van der Waals surface area (Å²) >= 11 is 9.43. The summed E-state index contributed by atoms with van der Waals surface area (Å²) in [4.78, 5) is 0. The Morgan fingerprint density at radius 1 is 1.19 bits per heavy atom. The Hall–Kier alpha value is -1.10. The minimum Gasteiger partial charge on any atom is -0.455 e. The van der Waals surface area contributed by atoms with Gasteiger partial charge in [0.25, 0.3) is 0 Å². The van der Waals surface area contributed by atoms with Crippen molar-refractivity contribution in [2.24, 2.45) is 0 Å². The lowest BCUT2D eigenvalue weighted by Gasteiger charge is -2.14. The van der Waals surface area contributed by atoms with Crippen molar-refractivity contribution in [1.82, 2.24) is 5.32 Å².